The second-order valence-electron chi connectivity index (χ2n) is 7.22. The SMILES string of the molecule is CCCCC(Cc1ccccc1)C(=O)C=C(c1ccccc1)c1ccccc1. The highest BCUT2D eigenvalue weighted by molar-refractivity contribution is 6.01. The molecule has 0 aliphatic carbocycles. The molecule has 142 valence electrons. The summed E-state index contributed by atoms with van der Waals surface area (Å²) >= 11 is 0. The minimum absolute atomic E-state index is 0.0183. The molecule has 1 nitrogen and oxygen atoms in total. The maximum atomic E-state index is 13.3. The molecule has 0 aromatic heterocycles. The van der Waals surface area contributed by atoms with Crippen LogP contribution in [-0.2, 0) is 11.2 Å². The van der Waals surface area contributed by atoms with Gasteiger partial charge in [0.15, 0.2) is 5.78 Å². The zero-order valence-electron chi connectivity index (χ0n) is 16.6. The third-order valence-electron chi connectivity index (χ3n) is 5.09. The lowest BCUT2D eigenvalue weighted by Crippen LogP contribution is -2.16. The average molecular weight is 369 g/mol. The number of unbranched alkanes of at least 4 members (excludes halogenated alkanes) is 1. The van der Waals surface area contributed by atoms with Crippen LogP contribution in [0.1, 0.15) is 42.9 Å². The summed E-state index contributed by atoms with van der Waals surface area (Å²) in [5.74, 6) is 0.241. The van der Waals surface area contributed by atoms with E-state index in [0.717, 1.165) is 42.4 Å². The van der Waals surface area contributed by atoms with E-state index in [4.69, 9.17) is 0 Å². The number of hydrogen-bond donors (Lipinski definition) is 0. The lowest BCUT2D eigenvalue weighted by Gasteiger charge is -2.16. The second-order valence-corrected chi connectivity index (χ2v) is 7.22. The molecule has 3 rings (SSSR count). The Hall–Kier alpha value is -2.93. The van der Waals surface area contributed by atoms with E-state index >= 15 is 0 Å². The van der Waals surface area contributed by atoms with E-state index in [0.29, 0.717) is 0 Å². The molecule has 1 atom stereocenters. The first-order valence-corrected chi connectivity index (χ1v) is 10.2. The zero-order valence-corrected chi connectivity index (χ0v) is 16.6. The van der Waals surface area contributed by atoms with Gasteiger partial charge in [-0.2, -0.15) is 0 Å². The number of ketones is 1. The molecule has 0 fully saturated rings. The molecule has 3 aromatic rings. The summed E-state index contributed by atoms with van der Waals surface area (Å²) in [5, 5.41) is 0. The van der Waals surface area contributed by atoms with Crippen LogP contribution in [0.2, 0.25) is 0 Å². The van der Waals surface area contributed by atoms with Crippen molar-refractivity contribution < 1.29 is 4.79 Å². The highest BCUT2D eigenvalue weighted by Gasteiger charge is 2.18. The fraction of sp³-hybridized carbons (Fsp3) is 0.222. The highest BCUT2D eigenvalue weighted by atomic mass is 16.1. The molecule has 0 saturated heterocycles. The molecule has 0 saturated carbocycles. The summed E-state index contributed by atoms with van der Waals surface area (Å²) < 4.78 is 0. The van der Waals surface area contributed by atoms with Gasteiger partial charge in [0.1, 0.15) is 0 Å². The third kappa shape index (κ3) is 5.53. The van der Waals surface area contributed by atoms with Crippen molar-refractivity contribution in [1.29, 1.82) is 0 Å². The summed E-state index contributed by atoms with van der Waals surface area (Å²) in [7, 11) is 0. The molecule has 1 heteroatoms. The summed E-state index contributed by atoms with van der Waals surface area (Å²) in [5.41, 5.74) is 4.39. The van der Waals surface area contributed by atoms with Crippen LogP contribution in [0.5, 0.6) is 0 Å². The number of allylic oxidation sites excluding steroid dienone is 1. The van der Waals surface area contributed by atoms with Crippen LogP contribution in [0.3, 0.4) is 0 Å². The maximum Gasteiger partial charge on any atom is 0.159 e. The van der Waals surface area contributed by atoms with E-state index in [2.05, 4.69) is 43.3 Å². The normalized spacial score (nSPS) is 11.6. The predicted molar refractivity (Wildman–Crippen MR) is 118 cm³/mol. The Labute approximate surface area is 168 Å². The van der Waals surface area contributed by atoms with Crippen molar-refractivity contribution in [3.05, 3.63) is 114 Å². The number of hydrogen-bond acceptors (Lipinski definition) is 1. The molecule has 0 aliphatic rings. The smallest absolute Gasteiger partial charge is 0.159 e. The Balaban J connectivity index is 1.93. The molecule has 0 heterocycles. The molecule has 3 aromatic carbocycles. The minimum atomic E-state index is 0.0183. The van der Waals surface area contributed by atoms with Crippen molar-refractivity contribution in [1.82, 2.24) is 0 Å². The van der Waals surface area contributed by atoms with E-state index in [-0.39, 0.29) is 11.7 Å². The maximum absolute atomic E-state index is 13.3. The molecule has 0 aliphatic heterocycles. The van der Waals surface area contributed by atoms with Crippen molar-refractivity contribution in [3.63, 3.8) is 0 Å². The van der Waals surface area contributed by atoms with Crippen LogP contribution in [0.4, 0.5) is 0 Å². The molecule has 0 bridgehead atoms. The lowest BCUT2D eigenvalue weighted by molar-refractivity contribution is -0.118. The number of carbonyl (C=O) groups excluding carboxylic acids is 1. The monoisotopic (exact) mass is 368 g/mol. The lowest BCUT2D eigenvalue weighted by atomic mass is 9.87. The average Bonchev–Trinajstić information content (AvgIpc) is 2.76. The highest BCUT2D eigenvalue weighted by Crippen LogP contribution is 2.25. The van der Waals surface area contributed by atoms with Gasteiger partial charge in [0.05, 0.1) is 0 Å². The van der Waals surface area contributed by atoms with Gasteiger partial charge >= 0.3 is 0 Å². The van der Waals surface area contributed by atoms with Crippen molar-refractivity contribution in [2.75, 3.05) is 0 Å². The van der Waals surface area contributed by atoms with Crippen molar-refractivity contribution >= 4 is 11.4 Å². The minimum Gasteiger partial charge on any atom is -0.295 e. The van der Waals surface area contributed by atoms with Crippen molar-refractivity contribution in [2.24, 2.45) is 5.92 Å². The van der Waals surface area contributed by atoms with Gasteiger partial charge in [0.25, 0.3) is 0 Å². The largest absolute Gasteiger partial charge is 0.295 e. The van der Waals surface area contributed by atoms with Crippen molar-refractivity contribution in [2.45, 2.75) is 32.6 Å². The number of carbonyl (C=O) groups is 1. The number of benzene rings is 3. The molecular weight excluding hydrogens is 340 g/mol. The molecule has 1 unspecified atom stereocenters. The van der Waals surface area contributed by atoms with Crippen LogP contribution in [-0.4, -0.2) is 5.78 Å². The summed E-state index contributed by atoms with van der Waals surface area (Å²) in [6, 6.07) is 30.8. The zero-order chi connectivity index (χ0) is 19.6. The van der Waals surface area contributed by atoms with Gasteiger partial charge in [0.2, 0.25) is 0 Å². The quantitative estimate of drug-likeness (QED) is 0.382. The Morgan fingerprint density at radius 2 is 1.29 bits per heavy atom. The fourth-order valence-electron chi connectivity index (χ4n) is 3.52. The molecule has 28 heavy (non-hydrogen) atoms. The Bertz CT molecular complexity index is 838. The Morgan fingerprint density at radius 3 is 1.79 bits per heavy atom. The van der Waals surface area contributed by atoms with Crippen LogP contribution >= 0.6 is 0 Å². The molecule has 0 radical (unpaired) electrons. The van der Waals surface area contributed by atoms with Gasteiger partial charge in [-0.15, -0.1) is 0 Å². The topological polar surface area (TPSA) is 17.1 Å². The van der Waals surface area contributed by atoms with Crippen LogP contribution in [0, 0.1) is 5.92 Å². The summed E-state index contributed by atoms with van der Waals surface area (Å²) in [4.78, 5) is 13.3. The van der Waals surface area contributed by atoms with E-state index in [1.165, 1.54) is 5.56 Å². The molecular formula is C27H28O. The van der Waals surface area contributed by atoms with Crippen LogP contribution in [0.15, 0.2) is 97.1 Å². The standard InChI is InChI=1S/C27H28O/c1-2-3-15-25(20-22-13-7-4-8-14-22)27(28)21-26(23-16-9-5-10-17-23)24-18-11-6-12-19-24/h4-14,16-19,21,25H,2-3,15,20H2,1H3. The third-order valence-corrected chi connectivity index (χ3v) is 5.09. The Kier molecular flexibility index (Phi) is 7.37. The first kappa shape index (κ1) is 19.8. The summed E-state index contributed by atoms with van der Waals surface area (Å²) in [6.45, 7) is 2.18. The van der Waals surface area contributed by atoms with E-state index in [9.17, 15) is 4.79 Å². The van der Waals surface area contributed by atoms with E-state index in [1.807, 2.05) is 60.7 Å². The van der Waals surface area contributed by atoms with Crippen LogP contribution in [0.25, 0.3) is 5.57 Å². The van der Waals surface area contributed by atoms with E-state index in [1.54, 1.807) is 0 Å². The first-order valence-electron chi connectivity index (χ1n) is 10.2. The molecule has 0 spiro atoms. The first-order chi connectivity index (χ1) is 13.8. The number of rotatable bonds is 9. The van der Waals surface area contributed by atoms with Gasteiger partial charge in [-0.1, -0.05) is 111 Å². The molecule has 0 N–H and O–H groups in total. The van der Waals surface area contributed by atoms with Crippen LogP contribution < -0.4 is 0 Å². The Morgan fingerprint density at radius 1 is 0.786 bits per heavy atom. The molecule has 0 amide bonds. The second kappa shape index (κ2) is 10.4. The van der Waals surface area contributed by atoms with Crippen molar-refractivity contribution in [3.8, 4) is 0 Å². The van der Waals surface area contributed by atoms with Gasteiger partial charge in [-0.3, -0.25) is 4.79 Å². The van der Waals surface area contributed by atoms with Gasteiger partial charge in [-0.25, -0.2) is 0 Å². The van der Waals surface area contributed by atoms with Gasteiger partial charge in [-0.05, 0) is 41.2 Å². The fourth-order valence-corrected chi connectivity index (χ4v) is 3.52. The predicted octanol–water partition coefficient (Wildman–Crippen LogP) is 6.74. The van der Waals surface area contributed by atoms with E-state index < -0.39 is 0 Å². The van der Waals surface area contributed by atoms with Gasteiger partial charge in [0, 0.05) is 5.92 Å². The summed E-state index contributed by atoms with van der Waals surface area (Å²) in [6.07, 6.45) is 5.77. The van der Waals surface area contributed by atoms with Gasteiger partial charge < -0.3 is 0 Å².